The first-order valence-electron chi connectivity index (χ1n) is 5.05. The number of carbonyl (C=O) groups is 1. The van der Waals surface area contributed by atoms with E-state index in [1.807, 2.05) is 6.92 Å². The molecule has 5 heteroatoms. The fourth-order valence-electron chi connectivity index (χ4n) is 1.63. The van der Waals surface area contributed by atoms with Crippen molar-refractivity contribution in [2.45, 2.75) is 19.4 Å². The van der Waals surface area contributed by atoms with Gasteiger partial charge in [0.2, 0.25) is 0 Å². The maximum atomic E-state index is 13.6. The average molecular weight is 288 g/mol. The zero-order valence-electron chi connectivity index (χ0n) is 8.74. The van der Waals surface area contributed by atoms with E-state index in [4.69, 9.17) is 4.74 Å². The largest absolute Gasteiger partial charge is 0.444 e. The van der Waals surface area contributed by atoms with Crippen molar-refractivity contribution in [2.75, 3.05) is 11.4 Å². The first kappa shape index (κ1) is 11.4. The number of rotatable bonds is 2. The summed E-state index contributed by atoms with van der Waals surface area (Å²) in [5.74, 6) is -0.428. The molecule has 0 bridgehead atoms. The Morgan fingerprint density at radius 1 is 1.62 bits per heavy atom. The fourth-order valence-corrected chi connectivity index (χ4v) is 1.96. The lowest BCUT2D eigenvalue weighted by molar-refractivity contribution is 0.139. The SMILES string of the molecule is CCC1CN(c2ccc(Br)cc2F)C(=O)O1. The van der Waals surface area contributed by atoms with Gasteiger partial charge < -0.3 is 4.74 Å². The molecule has 1 fully saturated rings. The Morgan fingerprint density at radius 3 is 2.94 bits per heavy atom. The molecule has 0 radical (unpaired) electrons. The molecule has 1 aliphatic heterocycles. The van der Waals surface area contributed by atoms with Crippen LogP contribution >= 0.6 is 15.9 Å². The minimum atomic E-state index is -0.479. The monoisotopic (exact) mass is 287 g/mol. The molecule has 1 aromatic carbocycles. The number of ether oxygens (including phenoxy) is 1. The summed E-state index contributed by atoms with van der Waals surface area (Å²) in [7, 11) is 0. The molecule has 0 saturated carbocycles. The van der Waals surface area contributed by atoms with Gasteiger partial charge in [-0.15, -0.1) is 0 Å². The third kappa shape index (κ3) is 2.04. The molecule has 1 aliphatic rings. The van der Waals surface area contributed by atoms with Crippen LogP contribution in [0.2, 0.25) is 0 Å². The molecular weight excluding hydrogens is 277 g/mol. The highest BCUT2D eigenvalue weighted by atomic mass is 79.9. The van der Waals surface area contributed by atoms with Crippen molar-refractivity contribution in [3.8, 4) is 0 Å². The first-order chi connectivity index (χ1) is 7.61. The molecule has 2 rings (SSSR count). The predicted molar refractivity (Wildman–Crippen MR) is 62.0 cm³/mol. The fraction of sp³-hybridized carbons (Fsp3) is 0.364. The van der Waals surface area contributed by atoms with Gasteiger partial charge in [-0.1, -0.05) is 22.9 Å². The van der Waals surface area contributed by atoms with Gasteiger partial charge in [-0.25, -0.2) is 9.18 Å². The van der Waals surface area contributed by atoms with Gasteiger partial charge in [0.25, 0.3) is 0 Å². The molecule has 0 N–H and O–H groups in total. The predicted octanol–water partition coefficient (Wildman–Crippen LogP) is 3.32. The number of anilines is 1. The topological polar surface area (TPSA) is 29.5 Å². The van der Waals surface area contributed by atoms with Crippen molar-refractivity contribution in [3.05, 3.63) is 28.5 Å². The number of halogens is 2. The summed E-state index contributed by atoms with van der Waals surface area (Å²) in [6, 6.07) is 4.60. The summed E-state index contributed by atoms with van der Waals surface area (Å²) >= 11 is 3.17. The number of benzene rings is 1. The van der Waals surface area contributed by atoms with Crippen LogP contribution in [0, 0.1) is 5.82 Å². The third-order valence-electron chi connectivity index (χ3n) is 2.53. The van der Waals surface area contributed by atoms with E-state index >= 15 is 0 Å². The van der Waals surface area contributed by atoms with Gasteiger partial charge in [0.15, 0.2) is 0 Å². The van der Waals surface area contributed by atoms with E-state index in [1.54, 1.807) is 12.1 Å². The molecule has 0 aliphatic carbocycles. The number of cyclic esters (lactones) is 1. The van der Waals surface area contributed by atoms with E-state index in [0.29, 0.717) is 11.0 Å². The lowest BCUT2D eigenvalue weighted by Gasteiger charge is -2.13. The highest BCUT2D eigenvalue weighted by Gasteiger charge is 2.32. The maximum absolute atomic E-state index is 13.6. The van der Waals surface area contributed by atoms with Crippen LogP contribution in [0.1, 0.15) is 13.3 Å². The van der Waals surface area contributed by atoms with Gasteiger partial charge in [0.1, 0.15) is 11.9 Å². The molecule has 1 unspecified atom stereocenters. The second kappa shape index (κ2) is 4.41. The van der Waals surface area contributed by atoms with Crippen LogP contribution in [0.4, 0.5) is 14.9 Å². The van der Waals surface area contributed by atoms with Gasteiger partial charge in [0.05, 0.1) is 12.2 Å². The molecule has 1 heterocycles. The molecular formula is C11H11BrFNO2. The molecule has 3 nitrogen and oxygen atoms in total. The van der Waals surface area contributed by atoms with E-state index in [9.17, 15) is 9.18 Å². The minimum absolute atomic E-state index is 0.143. The van der Waals surface area contributed by atoms with E-state index in [0.717, 1.165) is 6.42 Å². The van der Waals surface area contributed by atoms with E-state index in [2.05, 4.69) is 15.9 Å². The van der Waals surface area contributed by atoms with Crippen LogP contribution in [0.15, 0.2) is 22.7 Å². The second-order valence-electron chi connectivity index (χ2n) is 3.62. The normalized spacial score (nSPS) is 20.1. The lowest BCUT2D eigenvalue weighted by Crippen LogP contribution is -2.25. The van der Waals surface area contributed by atoms with Crippen LogP contribution in [-0.4, -0.2) is 18.7 Å². The summed E-state index contributed by atoms with van der Waals surface area (Å²) in [5, 5.41) is 0. The van der Waals surface area contributed by atoms with Gasteiger partial charge >= 0.3 is 6.09 Å². The Bertz CT molecular complexity index is 424. The molecule has 1 aromatic rings. The van der Waals surface area contributed by atoms with Gasteiger partial charge in [0, 0.05) is 4.47 Å². The quantitative estimate of drug-likeness (QED) is 0.835. The first-order valence-corrected chi connectivity index (χ1v) is 5.84. The number of hydrogen-bond acceptors (Lipinski definition) is 2. The van der Waals surface area contributed by atoms with E-state index < -0.39 is 11.9 Å². The summed E-state index contributed by atoms with van der Waals surface area (Å²) in [4.78, 5) is 12.8. The Balaban J connectivity index is 2.28. The van der Waals surface area contributed by atoms with Crippen LogP contribution in [0.25, 0.3) is 0 Å². The van der Waals surface area contributed by atoms with Gasteiger partial charge in [-0.3, -0.25) is 4.90 Å². The van der Waals surface area contributed by atoms with Gasteiger partial charge in [-0.2, -0.15) is 0 Å². The van der Waals surface area contributed by atoms with Crippen LogP contribution in [-0.2, 0) is 4.74 Å². The molecule has 0 spiro atoms. The minimum Gasteiger partial charge on any atom is -0.444 e. The van der Waals surface area contributed by atoms with Crippen molar-refractivity contribution in [2.24, 2.45) is 0 Å². The van der Waals surface area contributed by atoms with Gasteiger partial charge in [-0.05, 0) is 24.6 Å². The summed E-state index contributed by atoms with van der Waals surface area (Å²) < 4.78 is 19.3. The summed E-state index contributed by atoms with van der Waals surface area (Å²) in [6.07, 6.45) is 0.115. The highest BCUT2D eigenvalue weighted by Crippen LogP contribution is 2.27. The van der Waals surface area contributed by atoms with Crippen LogP contribution in [0.5, 0.6) is 0 Å². The van der Waals surface area contributed by atoms with Crippen molar-refractivity contribution >= 4 is 27.7 Å². The zero-order valence-corrected chi connectivity index (χ0v) is 10.3. The van der Waals surface area contributed by atoms with Crippen LogP contribution < -0.4 is 4.90 Å². The number of carbonyl (C=O) groups excluding carboxylic acids is 1. The third-order valence-corrected chi connectivity index (χ3v) is 3.02. The lowest BCUT2D eigenvalue weighted by atomic mass is 10.2. The van der Waals surface area contributed by atoms with E-state index in [1.165, 1.54) is 11.0 Å². The smallest absolute Gasteiger partial charge is 0.414 e. The standard InChI is InChI=1S/C11H11BrFNO2/c1-2-8-6-14(11(15)16-8)10-4-3-7(12)5-9(10)13/h3-5,8H,2,6H2,1H3. The molecule has 86 valence electrons. The maximum Gasteiger partial charge on any atom is 0.414 e. The molecule has 16 heavy (non-hydrogen) atoms. The highest BCUT2D eigenvalue weighted by molar-refractivity contribution is 9.10. The Hall–Kier alpha value is -1.10. The van der Waals surface area contributed by atoms with Crippen molar-refractivity contribution in [3.63, 3.8) is 0 Å². The average Bonchev–Trinajstić information content (AvgIpc) is 2.60. The zero-order chi connectivity index (χ0) is 11.7. The Kier molecular flexibility index (Phi) is 3.14. The molecule has 1 amide bonds. The number of amides is 1. The van der Waals surface area contributed by atoms with Crippen molar-refractivity contribution in [1.29, 1.82) is 0 Å². The van der Waals surface area contributed by atoms with Crippen molar-refractivity contribution in [1.82, 2.24) is 0 Å². The Labute approximate surface area is 101 Å². The molecule has 0 aromatic heterocycles. The van der Waals surface area contributed by atoms with E-state index in [-0.39, 0.29) is 11.8 Å². The molecule has 1 saturated heterocycles. The summed E-state index contributed by atoms with van der Waals surface area (Å²) in [5.41, 5.74) is 0.268. The molecule has 1 atom stereocenters. The number of nitrogens with zero attached hydrogens (tertiary/aromatic N) is 1. The Morgan fingerprint density at radius 2 is 2.38 bits per heavy atom. The summed E-state index contributed by atoms with van der Waals surface area (Å²) in [6.45, 7) is 2.34. The number of hydrogen-bond donors (Lipinski definition) is 0. The second-order valence-corrected chi connectivity index (χ2v) is 4.54. The van der Waals surface area contributed by atoms with Crippen LogP contribution in [0.3, 0.4) is 0 Å². The van der Waals surface area contributed by atoms with Crippen molar-refractivity contribution < 1.29 is 13.9 Å².